The van der Waals surface area contributed by atoms with E-state index in [1.54, 1.807) is 11.8 Å². The average molecular weight is 252 g/mol. The molecule has 0 aliphatic carbocycles. The van der Waals surface area contributed by atoms with Gasteiger partial charge in [0.05, 0.1) is 24.4 Å². The highest BCUT2D eigenvalue weighted by Gasteiger charge is 2.10. The second kappa shape index (κ2) is 5.19. The largest absolute Gasteiger partial charge is 0.497 e. The van der Waals surface area contributed by atoms with Gasteiger partial charge >= 0.3 is 0 Å². The maximum atomic E-state index is 6.11. The number of hydrogen-bond donors (Lipinski definition) is 0. The Bertz CT molecular complexity index is 498. The van der Waals surface area contributed by atoms with Gasteiger partial charge in [-0.3, -0.25) is 0 Å². The molecule has 4 nitrogen and oxygen atoms in total. The van der Waals surface area contributed by atoms with Crippen molar-refractivity contribution in [2.75, 3.05) is 7.11 Å². The fraction of sp³-hybridized carbons (Fsp3) is 0.333. The number of benzene rings is 1. The molecule has 0 aliphatic heterocycles. The quantitative estimate of drug-likeness (QED) is 0.785. The summed E-state index contributed by atoms with van der Waals surface area (Å²) in [5.74, 6) is 0.789. The van der Waals surface area contributed by atoms with Crippen molar-refractivity contribution in [3.63, 3.8) is 0 Å². The molecule has 0 fully saturated rings. The van der Waals surface area contributed by atoms with Gasteiger partial charge in [-0.05, 0) is 18.6 Å². The maximum Gasteiger partial charge on any atom is 0.121 e. The Labute approximate surface area is 105 Å². The maximum absolute atomic E-state index is 6.11. The van der Waals surface area contributed by atoms with Crippen LogP contribution >= 0.6 is 11.6 Å². The molecular weight excluding hydrogens is 238 g/mol. The van der Waals surface area contributed by atoms with E-state index in [0.717, 1.165) is 23.6 Å². The van der Waals surface area contributed by atoms with Crippen molar-refractivity contribution >= 4 is 11.6 Å². The molecule has 0 N–H and O–H groups in total. The van der Waals surface area contributed by atoms with Crippen LogP contribution in [0.25, 0.3) is 5.69 Å². The van der Waals surface area contributed by atoms with Gasteiger partial charge in [-0.2, -0.15) is 0 Å². The topological polar surface area (TPSA) is 39.9 Å². The van der Waals surface area contributed by atoms with E-state index in [-0.39, 0.29) is 5.38 Å². The highest BCUT2D eigenvalue weighted by Crippen LogP contribution is 2.22. The van der Waals surface area contributed by atoms with E-state index < -0.39 is 0 Å². The molecular formula is C12H14ClN3O. The van der Waals surface area contributed by atoms with E-state index in [1.165, 1.54) is 0 Å². The smallest absolute Gasteiger partial charge is 0.121 e. The molecule has 0 saturated carbocycles. The highest BCUT2D eigenvalue weighted by atomic mass is 35.5. The summed E-state index contributed by atoms with van der Waals surface area (Å²) in [7, 11) is 1.64. The lowest BCUT2D eigenvalue weighted by Gasteiger charge is -2.03. The van der Waals surface area contributed by atoms with E-state index in [9.17, 15) is 0 Å². The first-order chi connectivity index (χ1) is 8.24. The van der Waals surface area contributed by atoms with Gasteiger partial charge in [0.25, 0.3) is 0 Å². The number of halogens is 1. The molecule has 2 aromatic rings. The predicted molar refractivity (Wildman–Crippen MR) is 66.8 cm³/mol. The first-order valence-corrected chi connectivity index (χ1v) is 5.89. The number of methoxy groups -OCH3 is 1. The molecule has 1 aromatic heterocycles. The van der Waals surface area contributed by atoms with E-state index >= 15 is 0 Å². The summed E-state index contributed by atoms with van der Waals surface area (Å²) in [6, 6.07) is 7.63. The Balaban J connectivity index is 2.30. The molecule has 2 rings (SSSR count). The monoisotopic (exact) mass is 251 g/mol. The van der Waals surface area contributed by atoms with Gasteiger partial charge in [0.2, 0.25) is 0 Å². The predicted octanol–water partition coefficient (Wildman–Crippen LogP) is 2.97. The normalized spacial score (nSPS) is 12.4. The number of rotatable bonds is 4. The van der Waals surface area contributed by atoms with E-state index in [4.69, 9.17) is 16.3 Å². The Morgan fingerprint density at radius 1 is 1.47 bits per heavy atom. The number of hydrogen-bond acceptors (Lipinski definition) is 3. The molecule has 0 spiro atoms. The van der Waals surface area contributed by atoms with Crippen LogP contribution in [-0.2, 0) is 0 Å². The van der Waals surface area contributed by atoms with Crippen LogP contribution in [0.3, 0.4) is 0 Å². The lowest BCUT2D eigenvalue weighted by Crippen LogP contribution is -1.95. The van der Waals surface area contributed by atoms with E-state index in [1.807, 2.05) is 37.4 Å². The fourth-order valence-corrected chi connectivity index (χ4v) is 1.61. The zero-order valence-electron chi connectivity index (χ0n) is 9.80. The molecule has 1 unspecified atom stereocenters. The summed E-state index contributed by atoms with van der Waals surface area (Å²) >= 11 is 6.11. The van der Waals surface area contributed by atoms with Gasteiger partial charge in [0, 0.05) is 6.07 Å². The van der Waals surface area contributed by atoms with Crippen LogP contribution in [0.5, 0.6) is 5.75 Å². The molecule has 0 bridgehead atoms. The van der Waals surface area contributed by atoms with Crippen LogP contribution in [-0.4, -0.2) is 22.1 Å². The minimum Gasteiger partial charge on any atom is -0.497 e. The highest BCUT2D eigenvalue weighted by molar-refractivity contribution is 6.20. The number of ether oxygens (including phenoxy) is 1. The van der Waals surface area contributed by atoms with Crippen LogP contribution in [0.15, 0.2) is 30.5 Å². The molecule has 0 aliphatic rings. The van der Waals surface area contributed by atoms with E-state index in [0.29, 0.717) is 0 Å². The van der Waals surface area contributed by atoms with Gasteiger partial charge in [0.1, 0.15) is 11.4 Å². The number of nitrogens with zero attached hydrogens (tertiary/aromatic N) is 3. The zero-order chi connectivity index (χ0) is 12.3. The summed E-state index contributed by atoms with van der Waals surface area (Å²) in [6.45, 7) is 2.02. The number of aromatic nitrogens is 3. The van der Waals surface area contributed by atoms with Crippen LogP contribution in [0.4, 0.5) is 0 Å². The van der Waals surface area contributed by atoms with E-state index in [2.05, 4.69) is 10.3 Å². The van der Waals surface area contributed by atoms with Crippen molar-refractivity contribution in [3.8, 4) is 11.4 Å². The third-order valence-corrected chi connectivity index (χ3v) is 3.04. The van der Waals surface area contributed by atoms with Gasteiger partial charge in [-0.25, -0.2) is 4.68 Å². The van der Waals surface area contributed by atoms with Crippen LogP contribution in [0.1, 0.15) is 24.4 Å². The fourth-order valence-electron chi connectivity index (χ4n) is 1.51. The standard InChI is InChI=1S/C12H14ClN3O/c1-3-11(13)12-8-16(15-14-12)9-5-4-6-10(7-9)17-2/h4-8,11H,3H2,1-2H3. The zero-order valence-corrected chi connectivity index (χ0v) is 10.6. The molecule has 0 amide bonds. The molecule has 17 heavy (non-hydrogen) atoms. The summed E-state index contributed by atoms with van der Waals surface area (Å²) in [4.78, 5) is 0. The lowest BCUT2D eigenvalue weighted by atomic mass is 10.2. The molecule has 5 heteroatoms. The summed E-state index contributed by atoms with van der Waals surface area (Å²) in [5, 5.41) is 8.03. The third-order valence-electron chi connectivity index (χ3n) is 2.51. The third kappa shape index (κ3) is 2.58. The van der Waals surface area contributed by atoms with Crippen molar-refractivity contribution < 1.29 is 4.74 Å². The minimum atomic E-state index is -0.0886. The van der Waals surface area contributed by atoms with Crippen LogP contribution in [0, 0.1) is 0 Å². The Morgan fingerprint density at radius 3 is 3.00 bits per heavy atom. The van der Waals surface area contributed by atoms with Crippen molar-refractivity contribution in [1.29, 1.82) is 0 Å². The molecule has 90 valence electrons. The van der Waals surface area contributed by atoms with Crippen molar-refractivity contribution in [2.45, 2.75) is 18.7 Å². The molecule has 1 atom stereocenters. The average Bonchev–Trinajstić information content (AvgIpc) is 2.87. The van der Waals surface area contributed by atoms with Crippen molar-refractivity contribution in [3.05, 3.63) is 36.2 Å². The summed E-state index contributed by atoms with van der Waals surface area (Å²) in [6.07, 6.45) is 2.67. The molecule has 0 saturated heterocycles. The Kier molecular flexibility index (Phi) is 3.64. The summed E-state index contributed by atoms with van der Waals surface area (Å²) < 4.78 is 6.86. The van der Waals surface area contributed by atoms with Crippen molar-refractivity contribution in [1.82, 2.24) is 15.0 Å². The van der Waals surface area contributed by atoms with Gasteiger partial charge < -0.3 is 4.74 Å². The van der Waals surface area contributed by atoms with Crippen molar-refractivity contribution in [2.24, 2.45) is 0 Å². The van der Waals surface area contributed by atoms with Gasteiger partial charge in [-0.1, -0.05) is 18.2 Å². The molecule has 0 radical (unpaired) electrons. The minimum absolute atomic E-state index is 0.0886. The van der Waals surface area contributed by atoms with Gasteiger partial charge in [-0.15, -0.1) is 16.7 Å². The number of alkyl halides is 1. The summed E-state index contributed by atoms with van der Waals surface area (Å²) in [5.41, 5.74) is 1.69. The second-order valence-corrected chi connectivity index (χ2v) is 4.19. The SMILES string of the molecule is CCC(Cl)c1cn(-c2cccc(OC)c2)nn1. The first kappa shape index (κ1) is 11.9. The lowest BCUT2D eigenvalue weighted by molar-refractivity contribution is 0.414. The molecule has 1 heterocycles. The van der Waals surface area contributed by atoms with Gasteiger partial charge in [0.15, 0.2) is 0 Å². The molecule has 1 aromatic carbocycles. The Hall–Kier alpha value is -1.55. The first-order valence-electron chi connectivity index (χ1n) is 5.45. The second-order valence-electron chi connectivity index (χ2n) is 3.67. The Morgan fingerprint density at radius 2 is 2.29 bits per heavy atom. The van der Waals surface area contributed by atoms with Crippen LogP contribution < -0.4 is 4.74 Å². The van der Waals surface area contributed by atoms with Crippen LogP contribution in [0.2, 0.25) is 0 Å².